The number of nitrogens with zero attached hydrogens (tertiary/aromatic N) is 2. The number of phenolic OH excluding ortho intramolecular Hbond substituents is 1. The van der Waals surface area contributed by atoms with E-state index in [0.717, 1.165) is 10.9 Å². The lowest BCUT2D eigenvalue weighted by atomic mass is 10.2. The number of aromatic nitrogens is 2. The minimum absolute atomic E-state index is 0.122. The summed E-state index contributed by atoms with van der Waals surface area (Å²) in [5.41, 5.74) is 0.856. The van der Waals surface area contributed by atoms with Crippen LogP contribution in [0.25, 0.3) is 23.6 Å². The number of aromatic hydroxyl groups is 1. The number of rotatable bonds is 1. The number of hydrogen-bond acceptors (Lipinski definition) is 3. The van der Waals surface area contributed by atoms with Crippen LogP contribution in [0, 0.1) is 5.41 Å². The highest BCUT2D eigenvalue weighted by Gasteiger charge is 2.04. The van der Waals surface area contributed by atoms with E-state index in [0.29, 0.717) is 10.4 Å². The quantitative estimate of drug-likeness (QED) is 0.516. The first-order valence-electron chi connectivity index (χ1n) is 6.15. The zero-order valence-electron chi connectivity index (χ0n) is 10.7. The van der Waals surface area contributed by atoms with Crippen LogP contribution in [0.4, 0.5) is 0 Å². The van der Waals surface area contributed by atoms with Gasteiger partial charge < -0.3 is 9.67 Å². The molecule has 0 amide bonds. The number of nitrogens with one attached hydrogen (secondary N) is 1. The van der Waals surface area contributed by atoms with E-state index in [1.54, 1.807) is 41.2 Å². The maximum absolute atomic E-state index is 9.86. The summed E-state index contributed by atoms with van der Waals surface area (Å²) < 4.78 is 1.72. The van der Waals surface area contributed by atoms with Crippen LogP contribution < -0.4 is 10.4 Å². The standard InChI is InChI=1S/C16H13N3O/c1-11-3-2-4-15(20)13(11)9-16(17)19-8-6-12-5-7-18-10-14(12)19/h2-10,17,20H,1H2/b13-9+,17-16?. The molecular weight excluding hydrogens is 250 g/mol. The number of benzene rings is 1. The van der Waals surface area contributed by atoms with Crippen molar-refractivity contribution in [2.75, 3.05) is 0 Å². The largest absolute Gasteiger partial charge is 0.507 e. The third-order valence-electron chi connectivity index (χ3n) is 3.21. The van der Waals surface area contributed by atoms with Crippen molar-refractivity contribution in [1.82, 2.24) is 9.55 Å². The van der Waals surface area contributed by atoms with Crippen molar-refractivity contribution in [2.24, 2.45) is 0 Å². The monoisotopic (exact) mass is 263 g/mol. The van der Waals surface area contributed by atoms with Gasteiger partial charge in [-0.3, -0.25) is 10.4 Å². The fraction of sp³-hybridized carbons (Fsp3) is 0. The Labute approximate surface area is 115 Å². The van der Waals surface area contributed by atoms with Gasteiger partial charge in [0.25, 0.3) is 0 Å². The van der Waals surface area contributed by atoms with Crippen molar-refractivity contribution in [3.8, 4) is 5.75 Å². The highest BCUT2D eigenvalue weighted by atomic mass is 16.3. The number of phenols is 1. The molecule has 4 heteroatoms. The molecule has 0 fully saturated rings. The second-order valence-corrected chi connectivity index (χ2v) is 4.50. The van der Waals surface area contributed by atoms with E-state index >= 15 is 0 Å². The Bertz CT molecular complexity index is 909. The van der Waals surface area contributed by atoms with E-state index in [4.69, 9.17) is 5.41 Å². The number of hydrogen-bond donors (Lipinski definition) is 2. The van der Waals surface area contributed by atoms with E-state index in [1.807, 2.05) is 18.3 Å². The second kappa shape index (κ2) is 4.66. The molecule has 0 radical (unpaired) electrons. The molecule has 2 aromatic heterocycles. The molecule has 0 bridgehead atoms. The van der Waals surface area contributed by atoms with Crippen molar-refractivity contribution >= 4 is 29.4 Å². The highest BCUT2D eigenvalue weighted by molar-refractivity contribution is 6.11. The number of fused-ring (bicyclic) bond motifs is 1. The van der Waals surface area contributed by atoms with Gasteiger partial charge in [0.15, 0.2) is 0 Å². The Balaban J connectivity index is 2.17. The molecule has 3 rings (SSSR count). The molecule has 0 aliphatic heterocycles. The molecule has 0 spiro atoms. The molecular formula is C16H13N3O. The summed E-state index contributed by atoms with van der Waals surface area (Å²) in [6.07, 6.45) is 6.85. The van der Waals surface area contributed by atoms with Crippen LogP contribution in [0.1, 0.15) is 0 Å². The molecule has 2 heterocycles. The van der Waals surface area contributed by atoms with Gasteiger partial charge in [0.05, 0.1) is 11.7 Å². The zero-order valence-corrected chi connectivity index (χ0v) is 10.7. The predicted molar refractivity (Wildman–Crippen MR) is 80.2 cm³/mol. The Morgan fingerprint density at radius 1 is 1.30 bits per heavy atom. The minimum atomic E-state index is 0.122. The van der Waals surface area contributed by atoms with E-state index in [-0.39, 0.29) is 11.6 Å². The average Bonchev–Trinajstić information content (AvgIpc) is 2.87. The Morgan fingerprint density at radius 2 is 2.15 bits per heavy atom. The number of pyridine rings is 1. The van der Waals surface area contributed by atoms with Crippen LogP contribution in [0.15, 0.2) is 48.9 Å². The molecule has 0 unspecified atom stereocenters. The Hall–Kier alpha value is -2.88. The molecule has 0 aliphatic carbocycles. The third-order valence-corrected chi connectivity index (χ3v) is 3.21. The lowest BCUT2D eigenvalue weighted by Gasteiger charge is -2.03. The van der Waals surface area contributed by atoms with Gasteiger partial charge in [0.2, 0.25) is 0 Å². The van der Waals surface area contributed by atoms with Gasteiger partial charge in [0, 0.05) is 23.0 Å². The molecule has 0 aliphatic rings. The van der Waals surface area contributed by atoms with Crippen LogP contribution >= 0.6 is 0 Å². The molecule has 1 aromatic carbocycles. The zero-order chi connectivity index (χ0) is 14.1. The van der Waals surface area contributed by atoms with Crippen molar-refractivity contribution < 1.29 is 5.11 Å². The maximum atomic E-state index is 9.86. The van der Waals surface area contributed by atoms with Crippen molar-refractivity contribution in [3.63, 3.8) is 0 Å². The molecule has 4 nitrogen and oxygen atoms in total. The van der Waals surface area contributed by atoms with Crippen LogP contribution in [0.2, 0.25) is 0 Å². The Morgan fingerprint density at radius 3 is 2.95 bits per heavy atom. The van der Waals surface area contributed by atoms with Gasteiger partial charge in [-0.1, -0.05) is 18.7 Å². The molecule has 20 heavy (non-hydrogen) atoms. The normalized spacial score (nSPS) is 11.9. The van der Waals surface area contributed by atoms with Gasteiger partial charge in [-0.25, -0.2) is 0 Å². The second-order valence-electron chi connectivity index (χ2n) is 4.50. The summed E-state index contributed by atoms with van der Waals surface area (Å²) in [6, 6.07) is 8.94. The highest BCUT2D eigenvalue weighted by Crippen LogP contribution is 2.13. The van der Waals surface area contributed by atoms with Gasteiger partial charge in [0.1, 0.15) is 11.6 Å². The van der Waals surface area contributed by atoms with Crippen molar-refractivity contribution in [1.29, 1.82) is 5.41 Å². The van der Waals surface area contributed by atoms with Gasteiger partial charge in [-0.2, -0.15) is 0 Å². The topological polar surface area (TPSA) is 61.9 Å². The average molecular weight is 263 g/mol. The molecule has 0 saturated heterocycles. The van der Waals surface area contributed by atoms with E-state index in [2.05, 4.69) is 11.6 Å². The predicted octanol–water partition coefficient (Wildman–Crippen LogP) is 1.46. The van der Waals surface area contributed by atoms with Crippen LogP contribution in [0.5, 0.6) is 5.75 Å². The molecule has 0 atom stereocenters. The smallest absolute Gasteiger partial charge is 0.130 e. The van der Waals surface area contributed by atoms with E-state index in [1.165, 1.54) is 0 Å². The third kappa shape index (κ3) is 1.97. The Kier molecular flexibility index (Phi) is 2.84. The molecule has 98 valence electrons. The van der Waals surface area contributed by atoms with Crippen LogP contribution in [0.3, 0.4) is 0 Å². The van der Waals surface area contributed by atoms with E-state index < -0.39 is 0 Å². The van der Waals surface area contributed by atoms with Crippen molar-refractivity contribution in [2.45, 2.75) is 0 Å². The lowest BCUT2D eigenvalue weighted by molar-refractivity contribution is 0.470. The summed E-state index contributed by atoms with van der Waals surface area (Å²) in [5, 5.41) is 20.3. The van der Waals surface area contributed by atoms with Crippen LogP contribution in [-0.4, -0.2) is 20.5 Å². The van der Waals surface area contributed by atoms with Gasteiger partial charge in [-0.05, 0) is 29.5 Å². The minimum Gasteiger partial charge on any atom is -0.507 e. The molecule has 3 aromatic rings. The molecule has 0 saturated carbocycles. The summed E-state index contributed by atoms with van der Waals surface area (Å²) in [4.78, 5) is 4.08. The SMILES string of the molecule is C=c1cccc(O)/c1=C/C(=N)n1ccc2ccncc21. The molecule has 2 N–H and O–H groups in total. The summed E-state index contributed by atoms with van der Waals surface area (Å²) in [5.74, 6) is 0.372. The first-order valence-corrected chi connectivity index (χ1v) is 6.15. The summed E-state index contributed by atoms with van der Waals surface area (Å²) in [6.45, 7) is 3.87. The maximum Gasteiger partial charge on any atom is 0.130 e. The first-order chi connectivity index (χ1) is 9.66. The van der Waals surface area contributed by atoms with E-state index in [9.17, 15) is 5.11 Å². The first kappa shape index (κ1) is 12.2. The van der Waals surface area contributed by atoms with Gasteiger partial charge >= 0.3 is 0 Å². The lowest BCUT2D eigenvalue weighted by Crippen LogP contribution is -2.25. The van der Waals surface area contributed by atoms with Gasteiger partial charge in [-0.15, -0.1) is 0 Å². The summed E-state index contributed by atoms with van der Waals surface area (Å²) in [7, 11) is 0. The summed E-state index contributed by atoms with van der Waals surface area (Å²) >= 11 is 0. The van der Waals surface area contributed by atoms with Crippen LogP contribution in [-0.2, 0) is 0 Å². The fourth-order valence-electron chi connectivity index (χ4n) is 2.16. The van der Waals surface area contributed by atoms with Crippen molar-refractivity contribution in [3.05, 3.63) is 59.4 Å². The fourth-order valence-corrected chi connectivity index (χ4v) is 2.16.